The molecule has 6 nitrogen and oxygen atoms in total. The number of aromatic nitrogens is 2. The second-order valence-corrected chi connectivity index (χ2v) is 4.59. The molecule has 1 amide bonds. The van der Waals surface area contributed by atoms with Gasteiger partial charge in [-0.1, -0.05) is 6.92 Å². The molecule has 6 heteroatoms. The molecule has 0 radical (unpaired) electrons. The molecule has 1 aromatic heterocycles. The first-order valence-corrected chi connectivity index (χ1v) is 6.06. The molecule has 1 atom stereocenters. The van der Waals surface area contributed by atoms with Crippen LogP contribution in [-0.2, 0) is 11.8 Å². The molecule has 1 aromatic rings. The van der Waals surface area contributed by atoms with Gasteiger partial charge in [0, 0.05) is 19.8 Å². The average molecular weight is 251 g/mol. The van der Waals surface area contributed by atoms with Gasteiger partial charge in [-0.2, -0.15) is 5.10 Å². The van der Waals surface area contributed by atoms with Crippen LogP contribution >= 0.6 is 0 Å². The summed E-state index contributed by atoms with van der Waals surface area (Å²) >= 11 is 0. The highest BCUT2D eigenvalue weighted by Gasteiger charge is 2.49. The molecule has 0 aromatic carbocycles. The normalized spacial score (nSPS) is 23.3. The number of nitrogens with zero attached hydrogens (tertiary/aromatic N) is 3. The van der Waals surface area contributed by atoms with Gasteiger partial charge in [0.1, 0.15) is 11.2 Å². The van der Waals surface area contributed by atoms with Gasteiger partial charge in [0.05, 0.1) is 0 Å². The molecule has 0 bridgehead atoms. The summed E-state index contributed by atoms with van der Waals surface area (Å²) in [6, 6.07) is 1.61. The van der Waals surface area contributed by atoms with E-state index < -0.39 is 11.5 Å². The van der Waals surface area contributed by atoms with Crippen molar-refractivity contribution in [1.29, 1.82) is 0 Å². The zero-order chi connectivity index (χ0) is 13.3. The standard InChI is InChI=1S/C12H17N3O3/c1-3-12(11(17)18)6-4-8-15(12)10(16)9-5-7-13-14(9)2/h5,7H,3-4,6,8H2,1-2H3,(H,17,18). The van der Waals surface area contributed by atoms with E-state index in [4.69, 9.17) is 0 Å². The molecule has 1 aliphatic heterocycles. The summed E-state index contributed by atoms with van der Waals surface area (Å²) < 4.78 is 1.48. The third-order valence-electron chi connectivity index (χ3n) is 3.76. The van der Waals surface area contributed by atoms with Crippen LogP contribution in [-0.4, -0.2) is 43.7 Å². The Balaban J connectivity index is 2.35. The van der Waals surface area contributed by atoms with Gasteiger partial charge < -0.3 is 10.0 Å². The minimum absolute atomic E-state index is 0.253. The average Bonchev–Trinajstić information content (AvgIpc) is 2.94. The first-order valence-electron chi connectivity index (χ1n) is 6.06. The van der Waals surface area contributed by atoms with Gasteiger partial charge in [0.25, 0.3) is 5.91 Å². The van der Waals surface area contributed by atoms with Crippen LogP contribution < -0.4 is 0 Å². The van der Waals surface area contributed by atoms with Crippen LogP contribution in [0.2, 0.25) is 0 Å². The monoisotopic (exact) mass is 251 g/mol. The minimum atomic E-state index is -1.05. The van der Waals surface area contributed by atoms with Crippen LogP contribution in [0.25, 0.3) is 0 Å². The number of likely N-dealkylation sites (tertiary alicyclic amines) is 1. The predicted molar refractivity (Wildman–Crippen MR) is 64.1 cm³/mol. The Labute approximate surface area is 105 Å². The lowest BCUT2D eigenvalue weighted by Gasteiger charge is -2.33. The molecule has 2 heterocycles. The van der Waals surface area contributed by atoms with Crippen LogP contribution in [0.4, 0.5) is 0 Å². The highest BCUT2D eigenvalue weighted by molar-refractivity contribution is 5.97. The van der Waals surface area contributed by atoms with Crippen molar-refractivity contribution in [3.63, 3.8) is 0 Å². The predicted octanol–water partition coefficient (Wildman–Crippen LogP) is 0.889. The fourth-order valence-corrected chi connectivity index (χ4v) is 2.64. The van der Waals surface area contributed by atoms with Crippen molar-refractivity contribution in [2.45, 2.75) is 31.7 Å². The number of hydrogen-bond acceptors (Lipinski definition) is 3. The van der Waals surface area contributed by atoms with E-state index in [0.717, 1.165) is 6.42 Å². The zero-order valence-corrected chi connectivity index (χ0v) is 10.6. The number of amides is 1. The van der Waals surface area contributed by atoms with Crippen molar-refractivity contribution in [1.82, 2.24) is 14.7 Å². The Morgan fingerprint density at radius 2 is 2.28 bits per heavy atom. The van der Waals surface area contributed by atoms with Crippen LogP contribution in [0.3, 0.4) is 0 Å². The van der Waals surface area contributed by atoms with E-state index in [2.05, 4.69) is 5.10 Å². The second kappa shape index (κ2) is 4.44. The Kier molecular flexibility index (Phi) is 3.11. The van der Waals surface area contributed by atoms with Crippen molar-refractivity contribution in [2.75, 3.05) is 6.54 Å². The van der Waals surface area contributed by atoms with Crippen LogP contribution in [0.5, 0.6) is 0 Å². The SMILES string of the molecule is CCC1(C(=O)O)CCCN1C(=O)c1ccnn1C. The molecule has 98 valence electrons. The Morgan fingerprint density at radius 3 is 2.78 bits per heavy atom. The molecule has 1 aliphatic rings. The summed E-state index contributed by atoms with van der Waals surface area (Å²) in [5.74, 6) is -1.17. The number of carbonyl (C=O) groups excluding carboxylic acids is 1. The number of hydrogen-bond donors (Lipinski definition) is 1. The maximum atomic E-state index is 12.4. The lowest BCUT2D eigenvalue weighted by Crippen LogP contribution is -2.53. The van der Waals surface area contributed by atoms with E-state index >= 15 is 0 Å². The summed E-state index contributed by atoms with van der Waals surface area (Å²) in [4.78, 5) is 25.4. The molecule has 1 fully saturated rings. The number of carbonyl (C=O) groups is 2. The van der Waals surface area contributed by atoms with Gasteiger partial charge in [0.2, 0.25) is 0 Å². The van der Waals surface area contributed by atoms with E-state index in [1.807, 2.05) is 6.92 Å². The lowest BCUT2D eigenvalue weighted by molar-refractivity contribution is -0.148. The van der Waals surface area contributed by atoms with Gasteiger partial charge in [0.15, 0.2) is 0 Å². The first-order chi connectivity index (χ1) is 8.53. The number of rotatable bonds is 3. The smallest absolute Gasteiger partial charge is 0.329 e. The van der Waals surface area contributed by atoms with Gasteiger partial charge >= 0.3 is 5.97 Å². The van der Waals surface area contributed by atoms with E-state index in [0.29, 0.717) is 25.1 Å². The summed E-state index contributed by atoms with van der Waals surface area (Å²) in [6.07, 6.45) is 3.20. The molecule has 2 rings (SSSR count). The fraction of sp³-hybridized carbons (Fsp3) is 0.583. The van der Waals surface area contributed by atoms with Gasteiger partial charge in [-0.15, -0.1) is 0 Å². The van der Waals surface area contributed by atoms with Crippen LogP contribution in [0, 0.1) is 0 Å². The Morgan fingerprint density at radius 1 is 1.56 bits per heavy atom. The summed E-state index contributed by atoms with van der Waals surface area (Å²) in [7, 11) is 1.68. The quantitative estimate of drug-likeness (QED) is 0.865. The van der Waals surface area contributed by atoms with E-state index in [1.54, 1.807) is 13.1 Å². The molecule has 0 aliphatic carbocycles. The molecular weight excluding hydrogens is 234 g/mol. The minimum Gasteiger partial charge on any atom is -0.479 e. The van der Waals surface area contributed by atoms with Gasteiger partial charge in [-0.3, -0.25) is 9.48 Å². The Bertz CT molecular complexity index is 483. The van der Waals surface area contributed by atoms with E-state index in [1.165, 1.54) is 15.8 Å². The van der Waals surface area contributed by atoms with Crippen LogP contribution in [0.15, 0.2) is 12.3 Å². The van der Waals surface area contributed by atoms with Crippen LogP contribution in [0.1, 0.15) is 36.7 Å². The molecule has 1 unspecified atom stereocenters. The summed E-state index contributed by atoms with van der Waals surface area (Å²) in [6.45, 7) is 2.30. The third-order valence-corrected chi connectivity index (χ3v) is 3.76. The van der Waals surface area contributed by atoms with E-state index in [9.17, 15) is 14.7 Å². The second-order valence-electron chi connectivity index (χ2n) is 4.59. The molecule has 0 spiro atoms. The maximum Gasteiger partial charge on any atom is 0.329 e. The van der Waals surface area contributed by atoms with Crippen molar-refractivity contribution < 1.29 is 14.7 Å². The van der Waals surface area contributed by atoms with Gasteiger partial charge in [-0.25, -0.2) is 4.79 Å². The molecular formula is C12H17N3O3. The van der Waals surface area contributed by atoms with Gasteiger partial charge in [-0.05, 0) is 25.3 Å². The summed E-state index contributed by atoms with van der Waals surface area (Å²) in [5.41, 5.74) is -0.627. The molecule has 1 saturated heterocycles. The molecule has 18 heavy (non-hydrogen) atoms. The summed E-state index contributed by atoms with van der Waals surface area (Å²) in [5, 5.41) is 13.4. The van der Waals surface area contributed by atoms with Crippen molar-refractivity contribution in [2.24, 2.45) is 7.05 Å². The fourth-order valence-electron chi connectivity index (χ4n) is 2.64. The number of carboxylic acids is 1. The highest BCUT2D eigenvalue weighted by atomic mass is 16.4. The first kappa shape index (κ1) is 12.6. The number of aryl methyl sites for hydroxylation is 1. The molecule has 1 N–H and O–H groups in total. The zero-order valence-electron chi connectivity index (χ0n) is 10.6. The highest BCUT2D eigenvalue weighted by Crippen LogP contribution is 2.33. The Hall–Kier alpha value is -1.85. The third kappa shape index (κ3) is 1.68. The van der Waals surface area contributed by atoms with Crippen molar-refractivity contribution in [3.05, 3.63) is 18.0 Å². The van der Waals surface area contributed by atoms with Crippen molar-refractivity contribution >= 4 is 11.9 Å². The van der Waals surface area contributed by atoms with E-state index in [-0.39, 0.29) is 5.91 Å². The topological polar surface area (TPSA) is 75.4 Å². The molecule has 0 saturated carbocycles. The maximum absolute atomic E-state index is 12.4. The number of aliphatic carboxylic acids is 1. The van der Waals surface area contributed by atoms with Crippen molar-refractivity contribution in [3.8, 4) is 0 Å². The largest absolute Gasteiger partial charge is 0.479 e. The number of carboxylic acid groups (broad SMARTS) is 1. The lowest BCUT2D eigenvalue weighted by atomic mass is 9.93.